The van der Waals surface area contributed by atoms with Crippen molar-refractivity contribution in [3.05, 3.63) is 108 Å². The van der Waals surface area contributed by atoms with E-state index in [-0.39, 0.29) is 18.7 Å². The number of aromatic nitrogens is 2. The molecular weight excluding hydrogens is 961 g/mol. The molecule has 0 spiro atoms. The molecule has 1 aromatic heterocycles. The predicted octanol–water partition coefficient (Wildman–Crippen LogP) is 8.86. The second kappa shape index (κ2) is 37.6. The van der Waals surface area contributed by atoms with E-state index in [1.54, 1.807) is 12.2 Å². The molecule has 0 bridgehead atoms. The molecule has 0 aliphatic carbocycles. The number of nitrogens with two attached hydrogens (primary N) is 1. The topological polar surface area (TPSA) is 286 Å². The first kappa shape index (κ1) is 63.0. The Morgan fingerprint density at radius 1 is 0.761 bits per heavy atom. The van der Waals surface area contributed by atoms with Gasteiger partial charge in [-0.1, -0.05) is 131 Å². The van der Waals surface area contributed by atoms with Gasteiger partial charge in [-0.05, 0) is 83.1 Å². The van der Waals surface area contributed by atoms with Gasteiger partial charge in [0.1, 0.15) is 30.7 Å². The summed E-state index contributed by atoms with van der Waals surface area (Å²) in [6, 6.07) is 1.24. The number of carbonyl (C=O) groups excluding carboxylic acids is 2. The van der Waals surface area contributed by atoms with Crippen LogP contribution in [0.2, 0.25) is 0 Å². The van der Waals surface area contributed by atoms with E-state index in [1.807, 2.05) is 30.4 Å². The van der Waals surface area contributed by atoms with E-state index in [0.29, 0.717) is 32.1 Å². The summed E-state index contributed by atoms with van der Waals surface area (Å²) in [5, 5.41) is 31.0. The molecule has 21 heteroatoms. The number of phosphoric ester groups is 2. The molecule has 2 rings (SSSR count). The van der Waals surface area contributed by atoms with E-state index in [4.69, 9.17) is 29.0 Å². The highest BCUT2D eigenvalue weighted by Gasteiger charge is 2.46. The maximum absolute atomic E-state index is 12.8. The molecule has 1 aliphatic rings. The summed E-state index contributed by atoms with van der Waals surface area (Å²) in [6.07, 6.45) is 35.6. The Balaban J connectivity index is 1.86. The van der Waals surface area contributed by atoms with Crippen molar-refractivity contribution in [2.45, 2.75) is 173 Å². The van der Waals surface area contributed by atoms with E-state index in [1.165, 1.54) is 18.9 Å². The van der Waals surface area contributed by atoms with Crippen LogP contribution < -0.4 is 11.4 Å². The van der Waals surface area contributed by atoms with Gasteiger partial charge in [-0.2, -0.15) is 9.29 Å². The number of nitrogens with zero attached hydrogens (tertiary/aromatic N) is 2. The first-order valence-corrected chi connectivity index (χ1v) is 27.7. The van der Waals surface area contributed by atoms with Crippen LogP contribution in [-0.4, -0.2) is 96.9 Å². The quantitative estimate of drug-likeness (QED) is 0.0118. The van der Waals surface area contributed by atoms with Crippen molar-refractivity contribution in [1.82, 2.24) is 9.55 Å². The zero-order chi connectivity index (χ0) is 52.2. The predicted molar refractivity (Wildman–Crippen MR) is 271 cm³/mol. The Morgan fingerprint density at radius 2 is 1.37 bits per heavy atom. The van der Waals surface area contributed by atoms with Crippen LogP contribution in [0, 0.1) is 0 Å². The lowest BCUT2D eigenvalue weighted by Gasteiger charge is -2.21. The van der Waals surface area contributed by atoms with E-state index < -0.39 is 89.8 Å². The number of allylic oxidation sites excluding steroid dienone is 12. The van der Waals surface area contributed by atoms with Crippen LogP contribution >= 0.6 is 15.6 Å². The first-order chi connectivity index (χ1) is 34.1. The third-order valence-electron chi connectivity index (χ3n) is 10.5. The number of anilines is 1. The van der Waals surface area contributed by atoms with Crippen molar-refractivity contribution in [2.24, 2.45) is 0 Å². The minimum atomic E-state index is -5.45. The molecule has 7 N–H and O–H groups in total. The normalized spacial score (nSPS) is 20.3. The number of ether oxygens (including phenoxy) is 3. The van der Waals surface area contributed by atoms with Crippen LogP contribution in [0.5, 0.6) is 0 Å². The Labute approximate surface area is 419 Å². The van der Waals surface area contributed by atoms with Gasteiger partial charge in [-0.25, -0.2) is 13.9 Å². The second-order valence-electron chi connectivity index (χ2n) is 16.8. The third kappa shape index (κ3) is 30.5. The van der Waals surface area contributed by atoms with Gasteiger partial charge in [0, 0.05) is 19.0 Å². The molecule has 1 aliphatic heterocycles. The standard InChI is InChI=1S/C50H79N3O16P2/c1-3-5-7-9-11-12-13-14-15-16-17-18-23-27-31-35-46(56)67-42(38-64-45(55)34-30-26-22-20-19-21-25-29-33-41(54)32-28-24-10-8-6-4-2)39-65-70(60,61)69-71(62,63)66-40-43-47(57)48(58)49(68-43)53-37-36-44(51)52-50(53)59/h5,7,11-12,14-15,20-22,24-25,28-29,33,36-37,41-43,47-49,54,57-58H,3-4,6,8-10,13,16-19,23,26-27,30-32,34-35,38-40H2,1-2H3,(H,60,61)(H,62,63)(H2,51,52,59)/b7-5-,12-11-,15-14-,22-20-,25-21-,28-24-,33-29+/t41-,42-,43-,47-,48-,49-/m1/s1. The Hall–Kier alpha value is -4.10. The highest BCUT2D eigenvalue weighted by atomic mass is 31.3. The highest BCUT2D eigenvalue weighted by molar-refractivity contribution is 7.61. The van der Waals surface area contributed by atoms with Crippen LogP contribution in [0.1, 0.15) is 142 Å². The van der Waals surface area contributed by atoms with E-state index in [9.17, 15) is 48.6 Å². The van der Waals surface area contributed by atoms with Gasteiger partial charge < -0.3 is 45.1 Å². The molecule has 0 radical (unpaired) electrons. The molecule has 0 saturated carbocycles. The Bertz CT molecular complexity index is 2040. The van der Waals surface area contributed by atoms with Gasteiger partial charge in [0.05, 0.1) is 19.3 Å². The van der Waals surface area contributed by atoms with Crippen LogP contribution in [0.4, 0.5) is 5.82 Å². The molecule has 400 valence electrons. The van der Waals surface area contributed by atoms with Gasteiger partial charge in [-0.15, -0.1) is 0 Å². The second-order valence-corrected chi connectivity index (χ2v) is 19.8. The molecule has 19 nitrogen and oxygen atoms in total. The fourth-order valence-corrected chi connectivity index (χ4v) is 8.81. The summed E-state index contributed by atoms with van der Waals surface area (Å²) in [5.41, 5.74) is 4.57. The number of carbonyl (C=O) groups is 2. The fraction of sp³-hybridized carbons (Fsp3) is 0.600. The molecule has 71 heavy (non-hydrogen) atoms. The lowest BCUT2D eigenvalue weighted by Crippen LogP contribution is -2.36. The number of aliphatic hydroxyl groups is 3. The molecule has 1 aromatic rings. The molecule has 1 saturated heterocycles. The number of rotatable bonds is 39. The molecule has 8 atom stereocenters. The lowest BCUT2D eigenvalue weighted by molar-refractivity contribution is -0.161. The number of phosphoric acid groups is 2. The summed E-state index contributed by atoms with van der Waals surface area (Å²) in [4.78, 5) is 61.8. The fourth-order valence-electron chi connectivity index (χ4n) is 6.70. The molecule has 2 heterocycles. The van der Waals surface area contributed by atoms with Gasteiger partial charge in [0.25, 0.3) is 0 Å². The highest BCUT2D eigenvalue weighted by Crippen LogP contribution is 2.60. The summed E-state index contributed by atoms with van der Waals surface area (Å²) < 4.78 is 56.6. The molecule has 1 fully saturated rings. The SMILES string of the molecule is CC/C=C\C/C=C\C/C=C\CCCCCCCC(=O)O[C@H](COC(=O)CCC/C=C\C/C=C\C=C\[C@H](O)C/C=C\CCCCC)COP(=O)(O)OP(=O)(O)OC[C@H]1O[C@@H](n2ccc(N)nc2=O)[C@H](O)[C@@H]1O. The largest absolute Gasteiger partial charge is 0.481 e. The monoisotopic (exact) mass is 1040 g/mol. The van der Waals surface area contributed by atoms with E-state index in [2.05, 4.69) is 65.7 Å². The Morgan fingerprint density at radius 3 is 2.07 bits per heavy atom. The molecule has 0 amide bonds. The van der Waals surface area contributed by atoms with E-state index in [0.717, 1.165) is 75.0 Å². The number of hydrogen-bond acceptors (Lipinski definition) is 16. The minimum Gasteiger partial charge on any atom is -0.462 e. The van der Waals surface area contributed by atoms with Crippen molar-refractivity contribution in [3.8, 4) is 0 Å². The van der Waals surface area contributed by atoms with Crippen molar-refractivity contribution in [2.75, 3.05) is 25.6 Å². The van der Waals surface area contributed by atoms with Crippen LogP contribution in [0.25, 0.3) is 0 Å². The smallest absolute Gasteiger partial charge is 0.462 e. The summed E-state index contributed by atoms with van der Waals surface area (Å²) in [6.45, 7) is 1.84. The average Bonchev–Trinajstić information content (AvgIpc) is 3.60. The zero-order valence-corrected chi connectivity index (χ0v) is 43.1. The van der Waals surface area contributed by atoms with Gasteiger partial charge >= 0.3 is 33.3 Å². The van der Waals surface area contributed by atoms with Crippen molar-refractivity contribution < 1.29 is 71.4 Å². The lowest BCUT2D eigenvalue weighted by atomic mass is 10.1. The van der Waals surface area contributed by atoms with Crippen LogP contribution in [-0.2, 0) is 46.3 Å². The number of aliphatic hydroxyl groups excluding tert-OH is 3. The average molecular weight is 1040 g/mol. The number of hydrogen-bond donors (Lipinski definition) is 6. The Kier molecular flexibility index (Phi) is 33.4. The van der Waals surface area contributed by atoms with Crippen molar-refractivity contribution in [1.29, 1.82) is 0 Å². The van der Waals surface area contributed by atoms with Crippen molar-refractivity contribution >= 4 is 33.4 Å². The van der Waals surface area contributed by atoms with Crippen molar-refractivity contribution in [3.63, 3.8) is 0 Å². The maximum atomic E-state index is 12.8. The minimum absolute atomic E-state index is 0.00182. The molecule has 2 unspecified atom stereocenters. The summed E-state index contributed by atoms with van der Waals surface area (Å²) in [7, 11) is -10.9. The first-order valence-electron chi connectivity index (χ1n) is 24.7. The molecular formula is C50H79N3O16P2. The van der Waals surface area contributed by atoms with Crippen LogP contribution in [0.3, 0.4) is 0 Å². The summed E-state index contributed by atoms with van der Waals surface area (Å²) >= 11 is 0. The zero-order valence-electron chi connectivity index (χ0n) is 41.4. The molecule has 0 aromatic carbocycles. The van der Waals surface area contributed by atoms with Gasteiger partial charge in [0.15, 0.2) is 12.3 Å². The third-order valence-corrected chi connectivity index (χ3v) is 13.1. The number of unbranched alkanes of at least 4 members (excludes halogenated alkanes) is 9. The summed E-state index contributed by atoms with van der Waals surface area (Å²) in [5.74, 6) is -1.44. The van der Waals surface area contributed by atoms with Gasteiger partial charge in [0.2, 0.25) is 0 Å². The number of esters is 2. The maximum Gasteiger partial charge on any atom is 0.481 e. The number of nitrogen functional groups attached to an aromatic ring is 1. The van der Waals surface area contributed by atoms with E-state index >= 15 is 0 Å². The van der Waals surface area contributed by atoms with Crippen LogP contribution in [0.15, 0.2) is 102 Å². The van der Waals surface area contributed by atoms with Gasteiger partial charge in [-0.3, -0.25) is 23.2 Å².